The Balaban J connectivity index is 1.36. The smallest absolute Gasteiger partial charge is 0.254 e. The van der Waals surface area contributed by atoms with Crippen LogP contribution in [0.1, 0.15) is 167 Å². The van der Waals surface area contributed by atoms with E-state index < -0.39 is 0 Å². The summed E-state index contributed by atoms with van der Waals surface area (Å²) >= 11 is 1.91. The van der Waals surface area contributed by atoms with Gasteiger partial charge in [0.1, 0.15) is 0 Å². The summed E-state index contributed by atoms with van der Waals surface area (Å²) in [5.41, 5.74) is 20.5. The van der Waals surface area contributed by atoms with Crippen molar-refractivity contribution in [3.8, 4) is 6.07 Å². The molecule has 0 radical (unpaired) electrons. The lowest BCUT2D eigenvalue weighted by Gasteiger charge is -2.47. The third-order valence-corrected chi connectivity index (χ3v) is 17.2. The minimum Gasteiger partial charge on any atom is -0.311 e. The SMILES string of the molecule is Cc1cc(C(C)(C)C)ccc1N1c2cc(C#N)cc3c2B(c2cc4c(cc2N3c2ccc3c(c2)C(C)(C)CCC3(C)C)C(C)(C)CCC4(C)C)c2c1sc1ccc(C(C)(C)C)cc21. The molecule has 322 valence electrons. The van der Waals surface area contributed by atoms with Crippen LogP contribution in [0.5, 0.6) is 0 Å². The van der Waals surface area contributed by atoms with Crippen molar-refractivity contribution in [1.82, 2.24) is 0 Å². The third-order valence-electron chi connectivity index (χ3n) is 16.1. The highest BCUT2D eigenvalue weighted by Crippen LogP contribution is 2.54. The van der Waals surface area contributed by atoms with Crippen molar-refractivity contribution in [2.24, 2.45) is 0 Å². The molecule has 0 fully saturated rings. The zero-order chi connectivity index (χ0) is 45.1. The fraction of sp³-hybridized carbons (Fsp3) is 0.431. The molecule has 1 aromatic heterocycles. The number of aryl methyl sites for hydroxylation is 1. The van der Waals surface area contributed by atoms with Crippen molar-refractivity contribution in [3.05, 3.63) is 123 Å². The lowest BCUT2D eigenvalue weighted by atomic mass is 9.33. The van der Waals surface area contributed by atoms with E-state index in [2.05, 4.69) is 199 Å². The predicted octanol–water partition coefficient (Wildman–Crippen LogP) is 14.5. The summed E-state index contributed by atoms with van der Waals surface area (Å²) in [6.07, 6.45) is 4.63. The maximum atomic E-state index is 11.0. The fourth-order valence-electron chi connectivity index (χ4n) is 11.7. The molecule has 3 nitrogen and oxygen atoms in total. The number of hydrogen-bond donors (Lipinski definition) is 0. The van der Waals surface area contributed by atoms with Gasteiger partial charge in [-0.1, -0.05) is 133 Å². The summed E-state index contributed by atoms with van der Waals surface area (Å²) in [4.78, 5) is 5.12. The molecule has 2 aliphatic heterocycles. The summed E-state index contributed by atoms with van der Waals surface area (Å²) in [6.45, 7) is 35.7. The molecule has 0 saturated heterocycles. The Kier molecular flexibility index (Phi) is 8.96. The van der Waals surface area contributed by atoms with Crippen LogP contribution in [0, 0.1) is 18.3 Å². The largest absolute Gasteiger partial charge is 0.311 e. The van der Waals surface area contributed by atoms with Crippen molar-refractivity contribution in [3.63, 3.8) is 0 Å². The number of nitriles is 1. The van der Waals surface area contributed by atoms with Crippen LogP contribution < -0.4 is 26.2 Å². The second kappa shape index (κ2) is 13.4. The van der Waals surface area contributed by atoms with Gasteiger partial charge in [0.05, 0.1) is 16.6 Å². The summed E-state index contributed by atoms with van der Waals surface area (Å²) in [6, 6.07) is 34.0. The molecule has 5 aromatic carbocycles. The van der Waals surface area contributed by atoms with E-state index in [1.807, 2.05) is 11.3 Å². The maximum absolute atomic E-state index is 11.0. The standard InChI is InChI=1S/C58H66BN3S/c1-34-26-36(53(2,3)4)16-20-45(34)62-48-28-35(33-60)27-47-51(48)59(50-39-29-37(54(5,6)7)17-21-49(39)63-52(50)62)44-31-42-43(58(14,15)25-24-57(42,12)13)32-46(44)61(47)38-18-19-40-41(30-38)56(10,11)23-22-55(40,8)9/h16-21,26-32H,22-25H2,1-15H3. The number of thiophene rings is 1. The van der Waals surface area contributed by atoms with Gasteiger partial charge in [0.15, 0.2) is 0 Å². The van der Waals surface area contributed by atoms with Crippen LogP contribution >= 0.6 is 11.3 Å². The molecule has 0 saturated carbocycles. The van der Waals surface area contributed by atoms with Gasteiger partial charge in [0.2, 0.25) is 0 Å². The van der Waals surface area contributed by atoms with E-state index in [-0.39, 0.29) is 39.2 Å². The quantitative estimate of drug-likeness (QED) is 0.162. The molecular formula is C58H66BN3S. The van der Waals surface area contributed by atoms with Gasteiger partial charge in [-0.05, 0) is 168 Å². The summed E-state index contributed by atoms with van der Waals surface area (Å²) in [7, 11) is 0. The van der Waals surface area contributed by atoms with Crippen molar-refractivity contribution < 1.29 is 0 Å². The van der Waals surface area contributed by atoms with Crippen LogP contribution in [0.15, 0.2) is 78.9 Å². The molecule has 0 spiro atoms. The van der Waals surface area contributed by atoms with Gasteiger partial charge >= 0.3 is 0 Å². The van der Waals surface area contributed by atoms with Crippen LogP contribution in [0.3, 0.4) is 0 Å². The first kappa shape index (κ1) is 42.2. The van der Waals surface area contributed by atoms with Crippen LogP contribution in [0.25, 0.3) is 10.1 Å². The zero-order valence-electron chi connectivity index (χ0n) is 40.7. The Morgan fingerprint density at radius 1 is 0.556 bits per heavy atom. The molecule has 3 heterocycles. The van der Waals surface area contributed by atoms with Gasteiger partial charge in [0.25, 0.3) is 6.71 Å². The van der Waals surface area contributed by atoms with Gasteiger partial charge in [-0.3, -0.25) is 0 Å². The molecule has 5 heteroatoms. The van der Waals surface area contributed by atoms with E-state index >= 15 is 0 Å². The van der Waals surface area contributed by atoms with E-state index in [1.165, 1.54) is 93.9 Å². The number of fused-ring (bicyclic) bond motifs is 8. The zero-order valence-corrected chi connectivity index (χ0v) is 41.5. The molecule has 0 bridgehead atoms. The van der Waals surface area contributed by atoms with Crippen molar-refractivity contribution in [2.75, 3.05) is 9.80 Å². The molecule has 63 heavy (non-hydrogen) atoms. The van der Waals surface area contributed by atoms with Crippen molar-refractivity contribution in [2.45, 2.75) is 162 Å². The van der Waals surface area contributed by atoms with Crippen molar-refractivity contribution >= 4 is 78.0 Å². The number of rotatable bonds is 2. The Morgan fingerprint density at radius 2 is 1.10 bits per heavy atom. The Labute approximate surface area is 382 Å². The molecule has 0 N–H and O–H groups in total. The summed E-state index contributed by atoms with van der Waals surface area (Å²) < 4.78 is 1.31. The van der Waals surface area contributed by atoms with Gasteiger partial charge in [0, 0.05) is 33.1 Å². The first-order valence-electron chi connectivity index (χ1n) is 23.5. The predicted molar refractivity (Wildman–Crippen MR) is 273 cm³/mol. The molecule has 2 aliphatic carbocycles. The Morgan fingerprint density at radius 3 is 1.68 bits per heavy atom. The Hall–Kier alpha value is -4.79. The van der Waals surface area contributed by atoms with Crippen LogP contribution in [-0.2, 0) is 32.5 Å². The first-order valence-corrected chi connectivity index (χ1v) is 24.3. The highest BCUT2D eigenvalue weighted by Gasteiger charge is 2.49. The molecule has 0 atom stereocenters. The van der Waals surface area contributed by atoms with Gasteiger partial charge in [-0.25, -0.2) is 0 Å². The van der Waals surface area contributed by atoms with Crippen LogP contribution in [-0.4, -0.2) is 6.71 Å². The maximum Gasteiger partial charge on any atom is 0.254 e. The van der Waals surface area contributed by atoms with E-state index in [0.29, 0.717) is 5.56 Å². The highest BCUT2D eigenvalue weighted by atomic mass is 32.1. The first-order chi connectivity index (χ1) is 29.3. The second-order valence-corrected chi connectivity index (χ2v) is 25.4. The third kappa shape index (κ3) is 6.31. The number of benzene rings is 5. The highest BCUT2D eigenvalue weighted by molar-refractivity contribution is 7.26. The number of anilines is 6. The summed E-state index contributed by atoms with van der Waals surface area (Å²) in [5, 5.41) is 13.6. The number of hydrogen-bond acceptors (Lipinski definition) is 4. The molecule has 6 aromatic rings. The molecule has 4 aliphatic rings. The van der Waals surface area contributed by atoms with Crippen molar-refractivity contribution in [1.29, 1.82) is 5.26 Å². The summed E-state index contributed by atoms with van der Waals surface area (Å²) in [5.74, 6) is 0. The minimum absolute atomic E-state index is 0.00769. The fourth-order valence-corrected chi connectivity index (χ4v) is 13.0. The average molecular weight is 848 g/mol. The molecule has 0 unspecified atom stereocenters. The van der Waals surface area contributed by atoms with Gasteiger partial charge in [-0.15, -0.1) is 11.3 Å². The Bertz CT molecular complexity index is 2970. The monoisotopic (exact) mass is 848 g/mol. The normalized spacial score (nSPS) is 18.9. The van der Waals surface area contributed by atoms with E-state index in [1.54, 1.807) is 0 Å². The lowest BCUT2D eigenvalue weighted by molar-refractivity contribution is 0.332. The molecule has 10 rings (SSSR count). The van der Waals surface area contributed by atoms with Gasteiger partial charge in [-0.2, -0.15) is 5.26 Å². The lowest BCUT2D eigenvalue weighted by Crippen LogP contribution is -2.61. The molecular weight excluding hydrogens is 782 g/mol. The molecule has 0 amide bonds. The topological polar surface area (TPSA) is 30.3 Å². The van der Waals surface area contributed by atoms with Crippen LogP contribution in [0.2, 0.25) is 0 Å². The van der Waals surface area contributed by atoms with E-state index in [9.17, 15) is 5.26 Å². The van der Waals surface area contributed by atoms with E-state index in [4.69, 9.17) is 0 Å². The van der Waals surface area contributed by atoms with E-state index in [0.717, 1.165) is 30.6 Å². The average Bonchev–Trinajstić information content (AvgIpc) is 3.59. The minimum atomic E-state index is -0.0301. The van der Waals surface area contributed by atoms with Gasteiger partial charge < -0.3 is 9.80 Å². The van der Waals surface area contributed by atoms with Crippen LogP contribution in [0.4, 0.5) is 33.4 Å². The second-order valence-electron chi connectivity index (χ2n) is 24.4. The number of nitrogens with zero attached hydrogens (tertiary/aromatic N) is 3.